The van der Waals surface area contributed by atoms with Gasteiger partial charge in [0.2, 0.25) is 5.91 Å². The zero-order valence-electron chi connectivity index (χ0n) is 28.6. The minimum absolute atomic E-state index is 0.0963. The van der Waals surface area contributed by atoms with Crippen molar-refractivity contribution in [1.82, 2.24) is 10.6 Å². The highest BCUT2D eigenvalue weighted by atomic mass is 16.2. The van der Waals surface area contributed by atoms with Gasteiger partial charge in [-0.05, 0) is 53.8 Å². The molecule has 7 nitrogen and oxygen atoms in total. The van der Waals surface area contributed by atoms with Crippen LogP contribution in [0.1, 0.15) is 80.3 Å². The number of anilines is 2. The number of nitrogens with zero attached hydrogens (tertiary/aromatic N) is 1. The Morgan fingerprint density at radius 2 is 1.35 bits per heavy atom. The number of rotatable bonds is 18. The van der Waals surface area contributed by atoms with E-state index in [1.807, 2.05) is 84.9 Å². The van der Waals surface area contributed by atoms with Gasteiger partial charge in [-0.3, -0.25) is 14.5 Å². The second kappa shape index (κ2) is 19.0. The molecule has 48 heavy (non-hydrogen) atoms. The third-order valence-corrected chi connectivity index (χ3v) is 8.51. The number of urea groups is 1. The molecule has 0 saturated heterocycles. The highest BCUT2D eigenvalue weighted by Crippen LogP contribution is 2.26. The summed E-state index contributed by atoms with van der Waals surface area (Å²) in [6, 6.07) is 31.9. The van der Waals surface area contributed by atoms with Crippen LogP contribution in [0, 0.1) is 0 Å². The highest BCUT2D eigenvalue weighted by molar-refractivity contribution is 6.12. The molecule has 1 atom stereocenters. The van der Waals surface area contributed by atoms with Crippen molar-refractivity contribution in [2.75, 3.05) is 30.4 Å². The predicted molar refractivity (Wildman–Crippen MR) is 198 cm³/mol. The quantitative estimate of drug-likeness (QED) is 0.0746. The maximum atomic E-state index is 13.5. The van der Waals surface area contributed by atoms with Gasteiger partial charge >= 0.3 is 6.03 Å². The van der Waals surface area contributed by atoms with Crippen LogP contribution in [0.5, 0.6) is 0 Å². The Kier molecular flexibility index (Phi) is 14.3. The number of nitrogens with one attached hydrogen (secondary N) is 3. The predicted octanol–water partition coefficient (Wildman–Crippen LogP) is 8.64. The van der Waals surface area contributed by atoms with Crippen molar-refractivity contribution in [1.29, 1.82) is 0 Å². The zero-order valence-corrected chi connectivity index (χ0v) is 28.6. The van der Waals surface area contributed by atoms with E-state index in [0.717, 1.165) is 48.1 Å². The number of unbranched alkanes of at least 4 members (excludes halogenated alkanes) is 5. The van der Waals surface area contributed by atoms with Gasteiger partial charge in [0.05, 0.1) is 0 Å². The van der Waals surface area contributed by atoms with Crippen LogP contribution in [0.3, 0.4) is 0 Å². The molecule has 0 fully saturated rings. The molecule has 0 saturated carbocycles. The molecule has 0 aliphatic heterocycles. The Hall–Kier alpha value is -4.91. The highest BCUT2D eigenvalue weighted by Gasteiger charge is 2.22. The number of ketones is 1. The summed E-state index contributed by atoms with van der Waals surface area (Å²) in [7, 11) is 1.79. The molecular weight excluding hydrogens is 596 g/mol. The van der Waals surface area contributed by atoms with Crippen LogP contribution in [0.25, 0.3) is 11.1 Å². The summed E-state index contributed by atoms with van der Waals surface area (Å²) in [4.78, 5) is 41.3. The van der Waals surface area contributed by atoms with Gasteiger partial charge < -0.3 is 16.0 Å². The summed E-state index contributed by atoms with van der Waals surface area (Å²) in [6.07, 6.45) is 8.07. The van der Waals surface area contributed by atoms with Gasteiger partial charge in [-0.1, -0.05) is 125 Å². The number of amides is 3. The van der Waals surface area contributed by atoms with E-state index < -0.39 is 6.04 Å². The average Bonchev–Trinajstić information content (AvgIpc) is 3.13. The van der Waals surface area contributed by atoms with Crippen molar-refractivity contribution < 1.29 is 14.4 Å². The third kappa shape index (κ3) is 10.6. The molecule has 0 aromatic heterocycles. The SMILES string of the molecule is CCCCCCCNC(=O)N(C)c1cccc(-c2ccc(CC(Nc3ccccc3C(=O)c3ccccc3)C(=O)NCCCC)cc2)c1. The Morgan fingerprint density at radius 1 is 0.667 bits per heavy atom. The summed E-state index contributed by atoms with van der Waals surface area (Å²) in [5, 5.41) is 9.50. The Morgan fingerprint density at radius 3 is 2.10 bits per heavy atom. The fraction of sp³-hybridized carbons (Fsp3) is 0.341. The van der Waals surface area contributed by atoms with E-state index in [2.05, 4.69) is 29.8 Å². The van der Waals surface area contributed by atoms with Crippen molar-refractivity contribution in [2.24, 2.45) is 0 Å². The number of hydrogen-bond donors (Lipinski definition) is 3. The van der Waals surface area contributed by atoms with Crippen LogP contribution < -0.4 is 20.9 Å². The molecule has 252 valence electrons. The van der Waals surface area contributed by atoms with E-state index in [1.54, 1.807) is 30.1 Å². The number of carbonyl (C=O) groups is 3. The second-order valence-corrected chi connectivity index (χ2v) is 12.2. The summed E-state index contributed by atoms with van der Waals surface area (Å²) >= 11 is 0. The van der Waals surface area contributed by atoms with Crippen molar-refractivity contribution >= 4 is 29.1 Å². The van der Waals surface area contributed by atoms with Crippen molar-refractivity contribution in [3.8, 4) is 11.1 Å². The molecule has 0 aliphatic carbocycles. The van der Waals surface area contributed by atoms with Crippen LogP contribution in [0.2, 0.25) is 0 Å². The van der Waals surface area contributed by atoms with Gasteiger partial charge in [0, 0.05) is 49.1 Å². The van der Waals surface area contributed by atoms with Gasteiger partial charge in [0.15, 0.2) is 5.78 Å². The van der Waals surface area contributed by atoms with Crippen molar-refractivity contribution in [2.45, 2.75) is 71.3 Å². The smallest absolute Gasteiger partial charge is 0.321 e. The van der Waals surface area contributed by atoms with Crippen LogP contribution >= 0.6 is 0 Å². The van der Waals surface area contributed by atoms with E-state index in [4.69, 9.17) is 0 Å². The van der Waals surface area contributed by atoms with E-state index in [1.165, 1.54) is 19.3 Å². The maximum Gasteiger partial charge on any atom is 0.321 e. The van der Waals surface area contributed by atoms with Gasteiger partial charge in [0.1, 0.15) is 6.04 Å². The molecule has 0 aliphatic rings. The molecule has 0 bridgehead atoms. The third-order valence-electron chi connectivity index (χ3n) is 8.51. The lowest BCUT2D eigenvalue weighted by molar-refractivity contribution is -0.121. The fourth-order valence-electron chi connectivity index (χ4n) is 5.58. The van der Waals surface area contributed by atoms with E-state index in [0.29, 0.717) is 36.3 Å². The molecule has 0 heterocycles. The van der Waals surface area contributed by atoms with Gasteiger partial charge in [0.25, 0.3) is 0 Å². The summed E-state index contributed by atoms with van der Waals surface area (Å²) in [5.74, 6) is -0.203. The van der Waals surface area contributed by atoms with Crippen molar-refractivity contribution in [3.05, 3.63) is 120 Å². The minimum atomic E-state index is -0.584. The molecular formula is C41H50N4O3. The van der Waals surface area contributed by atoms with Crippen LogP contribution in [-0.4, -0.2) is 43.9 Å². The van der Waals surface area contributed by atoms with Crippen molar-refractivity contribution in [3.63, 3.8) is 0 Å². The standard InChI is InChI=1S/C41H50N4O3/c1-4-6-8-9-15-28-43-41(48)45(3)35-20-16-19-34(30-35)32-25-23-31(24-26-32)29-38(40(47)42-27-7-5-2)44-37-22-14-13-21-36(37)39(46)33-17-11-10-12-18-33/h10-14,16-26,30,38,44H,4-9,15,27-29H2,1-3H3,(H,42,47)(H,43,48). The molecule has 4 aromatic carbocycles. The molecule has 4 aromatic rings. The molecule has 0 radical (unpaired) electrons. The molecule has 0 spiro atoms. The lowest BCUT2D eigenvalue weighted by atomic mass is 9.98. The first kappa shape index (κ1) is 35.9. The first-order chi connectivity index (χ1) is 23.4. The number of para-hydroxylation sites is 1. The Bertz CT molecular complexity index is 1600. The second-order valence-electron chi connectivity index (χ2n) is 12.2. The van der Waals surface area contributed by atoms with Crippen LogP contribution in [0.4, 0.5) is 16.2 Å². The molecule has 7 heteroatoms. The number of hydrogen-bond acceptors (Lipinski definition) is 4. The first-order valence-corrected chi connectivity index (χ1v) is 17.3. The lowest BCUT2D eigenvalue weighted by Gasteiger charge is -2.22. The van der Waals surface area contributed by atoms with Crippen LogP contribution in [0.15, 0.2) is 103 Å². The van der Waals surface area contributed by atoms with Crippen LogP contribution in [-0.2, 0) is 11.2 Å². The van der Waals surface area contributed by atoms with E-state index in [9.17, 15) is 14.4 Å². The average molecular weight is 647 g/mol. The molecule has 3 N–H and O–H groups in total. The normalized spacial score (nSPS) is 11.4. The topological polar surface area (TPSA) is 90.5 Å². The maximum absolute atomic E-state index is 13.5. The number of carbonyl (C=O) groups excluding carboxylic acids is 3. The Balaban J connectivity index is 1.46. The van der Waals surface area contributed by atoms with Gasteiger partial charge in [-0.2, -0.15) is 0 Å². The zero-order chi connectivity index (χ0) is 34.1. The first-order valence-electron chi connectivity index (χ1n) is 17.3. The minimum Gasteiger partial charge on any atom is -0.373 e. The molecule has 3 amide bonds. The summed E-state index contributed by atoms with van der Waals surface area (Å²) < 4.78 is 0. The fourth-order valence-corrected chi connectivity index (χ4v) is 5.58. The van der Waals surface area contributed by atoms with E-state index in [-0.39, 0.29) is 17.7 Å². The molecule has 4 rings (SSSR count). The van der Waals surface area contributed by atoms with Gasteiger partial charge in [-0.25, -0.2) is 4.79 Å². The Labute approximate surface area is 286 Å². The lowest BCUT2D eigenvalue weighted by Crippen LogP contribution is -2.41. The monoisotopic (exact) mass is 646 g/mol. The largest absolute Gasteiger partial charge is 0.373 e. The molecule has 1 unspecified atom stereocenters. The van der Waals surface area contributed by atoms with E-state index >= 15 is 0 Å². The number of benzene rings is 4. The summed E-state index contributed by atoms with van der Waals surface area (Å²) in [6.45, 7) is 5.56. The summed E-state index contributed by atoms with van der Waals surface area (Å²) in [5.41, 5.74) is 5.56. The van der Waals surface area contributed by atoms with Gasteiger partial charge in [-0.15, -0.1) is 0 Å².